The largest absolute Gasteiger partial charge is 0.507 e. The van der Waals surface area contributed by atoms with E-state index in [1.54, 1.807) is 0 Å². The number of phenols is 1. The molecule has 0 aromatic heterocycles. The maximum Gasteiger partial charge on any atom is 0.128 e. The average Bonchev–Trinajstić information content (AvgIpc) is 2.18. The summed E-state index contributed by atoms with van der Waals surface area (Å²) in [5, 5.41) is 11.8. The minimum Gasteiger partial charge on any atom is -0.507 e. The summed E-state index contributed by atoms with van der Waals surface area (Å²) in [5.41, 5.74) is 6.54. The molecule has 0 aliphatic carbocycles. The summed E-state index contributed by atoms with van der Waals surface area (Å²) in [5.74, 6) is 0.304. The van der Waals surface area contributed by atoms with E-state index in [0.717, 1.165) is 16.3 Å². The molecule has 2 rings (SSSR count). The molecule has 2 heteroatoms. The van der Waals surface area contributed by atoms with E-state index in [9.17, 15) is 5.11 Å². The molecular formula is C12H13NO. The fourth-order valence-corrected chi connectivity index (χ4v) is 1.64. The van der Waals surface area contributed by atoms with Crippen molar-refractivity contribution in [2.45, 2.75) is 13.0 Å². The Bertz CT molecular complexity index is 463. The number of phenolic OH excluding ortho intramolecular Hbond substituents is 1. The maximum atomic E-state index is 9.94. The molecule has 0 heterocycles. The first kappa shape index (κ1) is 9.03. The highest BCUT2D eigenvalue weighted by molar-refractivity contribution is 5.89. The summed E-state index contributed by atoms with van der Waals surface area (Å²) < 4.78 is 0. The first-order chi connectivity index (χ1) is 6.70. The molecule has 1 atom stereocenters. The van der Waals surface area contributed by atoms with Crippen molar-refractivity contribution in [2.24, 2.45) is 5.73 Å². The molecule has 0 spiro atoms. The van der Waals surface area contributed by atoms with E-state index in [4.69, 9.17) is 5.73 Å². The molecule has 3 N–H and O–H groups in total. The van der Waals surface area contributed by atoms with Crippen LogP contribution in [0.4, 0.5) is 0 Å². The third-order valence-electron chi connectivity index (χ3n) is 2.42. The van der Waals surface area contributed by atoms with E-state index < -0.39 is 0 Å². The Morgan fingerprint density at radius 3 is 2.57 bits per heavy atom. The zero-order valence-corrected chi connectivity index (χ0v) is 8.07. The highest BCUT2D eigenvalue weighted by Gasteiger charge is 2.08. The van der Waals surface area contributed by atoms with Crippen molar-refractivity contribution in [1.29, 1.82) is 0 Å². The monoisotopic (exact) mass is 187 g/mol. The fraction of sp³-hybridized carbons (Fsp3) is 0.167. The lowest BCUT2D eigenvalue weighted by atomic mass is 10.0. The predicted molar refractivity (Wildman–Crippen MR) is 58.2 cm³/mol. The van der Waals surface area contributed by atoms with Crippen LogP contribution < -0.4 is 5.73 Å². The van der Waals surface area contributed by atoms with Crippen molar-refractivity contribution in [1.82, 2.24) is 0 Å². The van der Waals surface area contributed by atoms with Gasteiger partial charge in [-0.2, -0.15) is 0 Å². The van der Waals surface area contributed by atoms with Gasteiger partial charge in [-0.05, 0) is 12.3 Å². The Hall–Kier alpha value is -1.54. The van der Waals surface area contributed by atoms with Crippen LogP contribution in [-0.4, -0.2) is 5.11 Å². The molecule has 0 fully saturated rings. The summed E-state index contributed by atoms with van der Waals surface area (Å²) in [6.07, 6.45) is 0. The lowest BCUT2D eigenvalue weighted by Gasteiger charge is -2.10. The number of hydrogen-bond acceptors (Lipinski definition) is 2. The quantitative estimate of drug-likeness (QED) is 0.720. The van der Waals surface area contributed by atoms with Crippen LogP contribution in [0.2, 0.25) is 0 Å². The Labute approximate surface area is 83.0 Å². The van der Waals surface area contributed by atoms with E-state index >= 15 is 0 Å². The second-order valence-corrected chi connectivity index (χ2v) is 3.51. The van der Waals surface area contributed by atoms with Crippen LogP contribution in [0, 0.1) is 0 Å². The summed E-state index contributed by atoms with van der Waals surface area (Å²) in [7, 11) is 0. The van der Waals surface area contributed by atoms with Crippen LogP contribution in [0.15, 0.2) is 36.4 Å². The third kappa shape index (κ3) is 1.34. The van der Waals surface area contributed by atoms with Gasteiger partial charge in [0.2, 0.25) is 0 Å². The zero-order chi connectivity index (χ0) is 10.1. The van der Waals surface area contributed by atoms with E-state index in [1.807, 2.05) is 43.3 Å². The molecule has 0 saturated heterocycles. The van der Waals surface area contributed by atoms with Crippen molar-refractivity contribution in [2.75, 3.05) is 0 Å². The standard InChI is InChI=1S/C12H13NO/c1-8(13)10-7-6-9-4-2-3-5-11(9)12(10)14/h2-8,14H,13H2,1H3/t8-/m1/s1. The summed E-state index contributed by atoms with van der Waals surface area (Å²) in [4.78, 5) is 0. The molecule has 0 bridgehead atoms. The second-order valence-electron chi connectivity index (χ2n) is 3.51. The molecule has 72 valence electrons. The minimum absolute atomic E-state index is 0.139. The van der Waals surface area contributed by atoms with Gasteiger partial charge in [-0.3, -0.25) is 0 Å². The molecule has 0 unspecified atom stereocenters. The van der Waals surface area contributed by atoms with Crippen molar-refractivity contribution in [3.8, 4) is 5.75 Å². The number of nitrogens with two attached hydrogens (primary N) is 1. The van der Waals surface area contributed by atoms with E-state index in [2.05, 4.69) is 0 Å². The fourth-order valence-electron chi connectivity index (χ4n) is 1.64. The van der Waals surface area contributed by atoms with Crippen LogP contribution in [0.1, 0.15) is 18.5 Å². The normalized spacial score (nSPS) is 13.0. The topological polar surface area (TPSA) is 46.2 Å². The number of benzene rings is 2. The lowest BCUT2D eigenvalue weighted by Crippen LogP contribution is -2.04. The van der Waals surface area contributed by atoms with Crippen LogP contribution in [0.5, 0.6) is 5.75 Å². The van der Waals surface area contributed by atoms with Gasteiger partial charge in [-0.25, -0.2) is 0 Å². The molecule has 0 amide bonds. The second kappa shape index (κ2) is 3.31. The molecule has 0 radical (unpaired) electrons. The van der Waals surface area contributed by atoms with Crippen LogP contribution in [0.25, 0.3) is 10.8 Å². The van der Waals surface area contributed by atoms with Gasteiger partial charge < -0.3 is 10.8 Å². The van der Waals surface area contributed by atoms with Crippen molar-refractivity contribution in [3.05, 3.63) is 42.0 Å². The lowest BCUT2D eigenvalue weighted by molar-refractivity contribution is 0.470. The van der Waals surface area contributed by atoms with E-state index in [0.29, 0.717) is 5.75 Å². The van der Waals surface area contributed by atoms with Gasteiger partial charge in [0.1, 0.15) is 5.75 Å². The zero-order valence-electron chi connectivity index (χ0n) is 8.07. The highest BCUT2D eigenvalue weighted by Crippen LogP contribution is 2.31. The Balaban J connectivity index is 2.75. The van der Waals surface area contributed by atoms with Crippen molar-refractivity contribution < 1.29 is 5.11 Å². The van der Waals surface area contributed by atoms with Crippen molar-refractivity contribution in [3.63, 3.8) is 0 Å². The van der Waals surface area contributed by atoms with Gasteiger partial charge >= 0.3 is 0 Å². The molecule has 14 heavy (non-hydrogen) atoms. The van der Waals surface area contributed by atoms with Gasteiger partial charge in [0.25, 0.3) is 0 Å². The minimum atomic E-state index is -0.139. The SMILES string of the molecule is C[C@@H](N)c1ccc2ccccc2c1O. The van der Waals surface area contributed by atoms with Crippen LogP contribution in [0.3, 0.4) is 0 Å². The molecule has 0 aliphatic rings. The van der Waals surface area contributed by atoms with Gasteiger partial charge in [-0.15, -0.1) is 0 Å². The molecule has 0 aliphatic heterocycles. The molecule has 0 saturated carbocycles. The maximum absolute atomic E-state index is 9.94. The van der Waals surface area contributed by atoms with Crippen molar-refractivity contribution >= 4 is 10.8 Å². The predicted octanol–water partition coefficient (Wildman–Crippen LogP) is 2.57. The highest BCUT2D eigenvalue weighted by atomic mass is 16.3. The number of hydrogen-bond donors (Lipinski definition) is 2. The third-order valence-corrected chi connectivity index (χ3v) is 2.42. The number of aromatic hydroxyl groups is 1. The average molecular weight is 187 g/mol. The van der Waals surface area contributed by atoms with E-state index in [1.165, 1.54) is 0 Å². The van der Waals surface area contributed by atoms with Gasteiger partial charge in [-0.1, -0.05) is 36.4 Å². The first-order valence-electron chi connectivity index (χ1n) is 4.66. The molecular weight excluding hydrogens is 174 g/mol. The van der Waals surface area contributed by atoms with Crippen LogP contribution >= 0.6 is 0 Å². The Morgan fingerprint density at radius 1 is 1.14 bits per heavy atom. The Kier molecular flexibility index (Phi) is 2.14. The van der Waals surface area contributed by atoms with E-state index in [-0.39, 0.29) is 6.04 Å². The number of rotatable bonds is 1. The van der Waals surface area contributed by atoms with Gasteiger partial charge in [0.15, 0.2) is 0 Å². The van der Waals surface area contributed by atoms with Crippen LogP contribution in [-0.2, 0) is 0 Å². The number of fused-ring (bicyclic) bond motifs is 1. The molecule has 2 nitrogen and oxygen atoms in total. The summed E-state index contributed by atoms with van der Waals surface area (Å²) in [6.45, 7) is 1.86. The summed E-state index contributed by atoms with van der Waals surface area (Å²) >= 11 is 0. The van der Waals surface area contributed by atoms with Gasteiger partial charge in [0.05, 0.1) is 0 Å². The molecule has 2 aromatic carbocycles. The molecule has 2 aromatic rings. The smallest absolute Gasteiger partial charge is 0.128 e. The first-order valence-corrected chi connectivity index (χ1v) is 4.66. The van der Waals surface area contributed by atoms with Gasteiger partial charge in [0, 0.05) is 17.0 Å². The summed E-state index contributed by atoms with van der Waals surface area (Å²) in [6, 6.07) is 11.5. The Morgan fingerprint density at radius 2 is 1.86 bits per heavy atom.